The zero-order chi connectivity index (χ0) is 23.3. The summed E-state index contributed by atoms with van der Waals surface area (Å²) >= 11 is 3.42. The Balaban J connectivity index is 1.70. The van der Waals surface area contributed by atoms with Crippen molar-refractivity contribution < 1.29 is 19.1 Å². The van der Waals surface area contributed by atoms with Crippen LogP contribution in [0.4, 0.5) is 11.4 Å². The summed E-state index contributed by atoms with van der Waals surface area (Å²) in [6.45, 7) is 5.35. The van der Waals surface area contributed by atoms with Crippen molar-refractivity contribution in [3.63, 3.8) is 0 Å². The molecule has 3 rings (SSSR count). The number of ether oxygens (including phenoxy) is 1. The number of carbonyl (C=O) groups is 3. The fourth-order valence-corrected chi connectivity index (χ4v) is 3.52. The molecule has 166 valence electrons. The van der Waals surface area contributed by atoms with Crippen LogP contribution in [0.5, 0.6) is 0 Å². The molecule has 2 amide bonds. The molecular formula is C22H22BrN5O4. The summed E-state index contributed by atoms with van der Waals surface area (Å²) in [6.07, 6.45) is 0. The quantitative estimate of drug-likeness (QED) is 0.478. The van der Waals surface area contributed by atoms with Crippen molar-refractivity contribution in [1.82, 2.24) is 15.0 Å². The van der Waals surface area contributed by atoms with Crippen molar-refractivity contribution in [2.45, 2.75) is 27.3 Å². The van der Waals surface area contributed by atoms with Crippen LogP contribution in [0.25, 0.3) is 0 Å². The van der Waals surface area contributed by atoms with Gasteiger partial charge in [0.1, 0.15) is 6.54 Å². The van der Waals surface area contributed by atoms with E-state index in [1.807, 2.05) is 19.1 Å². The first-order valence-corrected chi connectivity index (χ1v) is 10.6. The van der Waals surface area contributed by atoms with Crippen molar-refractivity contribution in [3.8, 4) is 0 Å². The van der Waals surface area contributed by atoms with Gasteiger partial charge in [-0.1, -0.05) is 23.4 Å². The molecule has 1 heterocycles. The number of hydrogen-bond acceptors (Lipinski definition) is 6. The molecule has 3 aromatic rings. The van der Waals surface area contributed by atoms with Gasteiger partial charge in [-0.15, -0.1) is 5.10 Å². The molecule has 2 aromatic carbocycles. The lowest BCUT2D eigenvalue weighted by Gasteiger charge is -2.11. The highest BCUT2D eigenvalue weighted by atomic mass is 79.9. The summed E-state index contributed by atoms with van der Waals surface area (Å²) in [6, 6.07) is 12.1. The SMILES string of the molecule is CCOC(=O)c1ccccc1NC(=O)Cn1nnc(C(=O)Nc2ccc(C)cc2Br)c1C. The highest BCUT2D eigenvalue weighted by Gasteiger charge is 2.20. The van der Waals surface area contributed by atoms with Crippen LogP contribution in [0.3, 0.4) is 0 Å². The molecule has 0 unspecified atom stereocenters. The number of carbonyl (C=O) groups excluding carboxylic acids is 3. The molecule has 0 saturated heterocycles. The predicted molar refractivity (Wildman–Crippen MR) is 123 cm³/mol. The van der Waals surface area contributed by atoms with E-state index in [1.165, 1.54) is 4.68 Å². The monoisotopic (exact) mass is 499 g/mol. The van der Waals surface area contributed by atoms with Crippen molar-refractivity contribution >= 4 is 45.1 Å². The second kappa shape index (κ2) is 10.2. The Morgan fingerprint density at radius 2 is 1.81 bits per heavy atom. The van der Waals surface area contributed by atoms with Crippen molar-refractivity contribution in [2.75, 3.05) is 17.2 Å². The van der Waals surface area contributed by atoms with E-state index < -0.39 is 17.8 Å². The molecule has 0 aliphatic heterocycles. The molecule has 0 atom stereocenters. The maximum absolute atomic E-state index is 12.6. The van der Waals surface area contributed by atoms with E-state index in [4.69, 9.17) is 4.74 Å². The van der Waals surface area contributed by atoms with E-state index in [0.29, 0.717) is 17.1 Å². The first-order valence-electron chi connectivity index (χ1n) is 9.83. The number of aromatic nitrogens is 3. The maximum atomic E-state index is 12.6. The predicted octanol–water partition coefficient (Wildman–Crippen LogP) is 3.73. The van der Waals surface area contributed by atoms with Crippen LogP contribution in [0.2, 0.25) is 0 Å². The van der Waals surface area contributed by atoms with Crippen LogP contribution in [0.1, 0.15) is 39.0 Å². The van der Waals surface area contributed by atoms with Gasteiger partial charge < -0.3 is 15.4 Å². The van der Waals surface area contributed by atoms with Gasteiger partial charge in [0, 0.05) is 4.47 Å². The average molecular weight is 500 g/mol. The van der Waals surface area contributed by atoms with Crippen LogP contribution in [-0.4, -0.2) is 39.4 Å². The summed E-state index contributed by atoms with van der Waals surface area (Å²) in [7, 11) is 0. The third-order valence-corrected chi connectivity index (χ3v) is 5.22. The fourth-order valence-electron chi connectivity index (χ4n) is 2.93. The minimum Gasteiger partial charge on any atom is -0.462 e. The number of aryl methyl sites for hydroxylation is 1. The van der Waals surface area contributed by atoms with E-state index in [9.17, 15) is 14.4 Å². The Bertz CT molecular complexity index is 1170. The first-order chi connectivity index (χ1) is 15.3. The minimum absolute atomic E-state index is 0.109. The molecule has 1 aromatic heterocycles. The molecule has 0 aliphatic rings. The van der Waals surface area contributed by atoms with E-state index in [2.05, 4.69) is 36.9 Å². The zero-order valence-electron chi connectivity index (χ0n) is 17.8. The number of nitrogens with one attached hydrogen (secondary N) is 2. The molecule has 0 aliphatic carbocycles. The number of amides is 2. The second-order valence-corrected chi connectivity index (χ2v) is 7.79. The topological polar surface area (TPSA) is 115 Å². The molecule has 0 fully saturated rings. The summed E-state index contributed by atoms with van der Waals surface area (Å²) in [5.41, 5.74) is 2.77. The number of rotatable bonds is 7. The van der Waals surface area contributed by atoms with Crippen LogP contribution >= 0.6 is 15.9 Å². The minimum atomic E-state index is -0.526. The van der Waals surface area contributed by atoms with Crippen LogP contribution in [0, 0.1) is 13.8 Å². The van der Waals surface area contributed by atoms with Crippen molar-refractivity contribution in [2.24, 2.45) is 0 Å². The number of hydrogen-bond donors (Lipinski definition) is 2. The van der Waals surface area contributed by atoms with Crippen molar-refractivity contribution in [3.05, 3.63) is 69.5 Å². The number of esters is 1. The Morgan fingerprint density at radius 1 is 1.06 bits per heavy atom. The number of anilines is 2. The number of benzene rings is 2. The highest BCUT2D eigenvalue weighted by molar-refractivity contribution is 9.10. The lowest BCUT2D eigenvalue weighted by atomic mass is 10.2. The summed E-state index contributed by atoms with van der Waals surface area (Å²) in [5.74, 6) is -1.39. The molecule has 9 nitrogen and oxygen atoms in total. The highest BCUT2D eigenvalue weighted by Crippen LogP contribution is 2.24. The summed E-state index contributed by atoms with van der Waals surface area (Å²) < 4.78 is 7.08. The lowest BCUT2D eigenvalue weighted by molar-refractivity contribution is -0.117. The van der Waals surface area contributed by atoms with Crippen LogP contribution < -0.4 is 10.6 Å². The van der Waals surface area contributed by atoms with Gasteiger partial charge in [0.25, 0.3) is 5.91 Å². The Hall–Kier alpha value is -3.53. The molecule has 0 radical (unpaired) electrons. The van der Waals surface area contributed by atoms with E-state index in [-0.39, 0.29) is 24.4 Å². The van der Waals surface area contributed by atoms with Crippen LogP contribution in [0.15, 0.2) is 46.9 Å². The third-order valence-electron chi connectivity index (χ3n) is 4.56. The molecule has 2 N–H and O–H groups in total. The van der Waals surface area contributed by atoms with Gasteiger partial charge >= 0.3 is 5.97 Å². The van der Waals surface area contributed by atoms with Crippen LogP contribution in [-0.2, 0) is 16.1 Å². The number of nitrogens with zero attached hydrogens (tertiary/aromatic N) is 3. The molecule has 10 heteroatoms. The molecule has 32 heavy (non-hydrogen) atoms. The van der Waals surface area contributed by atoms with E-state index in [0.717, 1.165) is 10.0 Å². The van der Waals surface area contributed by atoms with Gasteiger partial charge in [0.2, 0.25) is 5.91 Å². The standard InChI is InChI=1S/C22H22BrN5O4/c1-4-32-22(31)15-7-5-6-8-17(15)24-19(29)12-28-14(3)20(26-27-28)21(30)25-18-10-9-13(2)11-16(18)23/h5-11H,4,12H2,1-3H3,(H,24,29)(H,25,30). The van der Waals surface area contributed by atoms with Gasteiger partial charge in [0.15, 0.2) is 5.69 Å². The number of para-hydroxylation sites is 1. The van der Waals surface area contributed by atoms with Gasteiger partial charge in [0.05, 0.1) is 29.2 Å². The van der Waals surface area contributed by atoms with E-state index >= 15 is 0 Å². The first kappa shape index (κ1) is 23.1. The van der Waals surface area contributed by atoms with Crippen molar-refractivity contribution in [1.29, 1.82) is 0 Å². The Kier molecular flexibility index (Phi) is 7.37. The number of halogens is 1. The fraction of sp³-hybridized carbons (Fsp3) is 0.227. The van der Waals surface area contributed by atoms with E-state index in [1.54, 1.807) is 44.2 Å². The maximum Gasteiger partial charge on any atom is 0.340 e. The summed E-state index contributed by atoms with van der Waals surface area (Å²) in [5, 5.41) is 13.3. The average Bonchev–Trinajstić information content (AvgIpc) is 3.10. The molecular weight excluding hydrogens is 478 g/mol. The summed E-state index contributed by atoms with van der Waals surface area (Å²) in [4.78, 5) is 37.3. The largest absolute Gasteiger partial charge is 0.462 e. The third kappa shape index (κ3) is 5.38. The molecule has 0 spiro atoms. The smallest absolute Gasteiger partial charge is 0.340 e. The van der Waals surface area contributed by atoms with Gasteiger partial charge in [-0.05, 0) is 66.5 Å². The molecule has 0 saturated carbocycles. The second-order valence-electron chi connectivity index (χ2n) is 6.93. The Morgan fingerprint density at radius 3 is 2.53 bits per heavy atom. The molecule has 0 bridgehead atoms. The zero-order valence-corrected chi connectivity index (χ0v) is 19.4. The normalized spacial score (nSPS) is 10.5. The lowest BCUT2D eigenvalue weighted by Crippen LogP contribution is -2.22. The van der Waals surface area contributed by atoms with Gasteiger partial charge in [-0.25, -0.2) is 9.48 Å². The van der Waals surface area contributed by atoms with Gasteiger partial charge in [-0.2, -0.15) is 0 Å². The van der Waals surface area contributed by atoms with Gasteiger partial charge in [-0.3, -0.25) is 9.59 Å². The Labute approximate surface area is 193 Å².